The second-order valence-corrected chi connectivity index (χ2v) is 26.9. The van der Waals surface area contributed by atoms with Crippen molar-refractivity contribution in [2.75, 3.05) is 35.0 Å². The predicted octanol–water partition coefficient (Wildman–Crippen LogP) is 0.793. The van der Waals surface area contributed by atoms with E-state index in [4.69, 9.17) is 71.1 Å². The third kappa shape index (κ3) is 12.5. The summed E-state index contributed by atoms with van der Waals surface area (Å²) in [5.74, 6) is -1.88. The molecule has 510 valence electrons. The van der Waals surface area contributed by atoms with Crippen molar-refractivity contribution in [3.63, 3.8) is 0 Å². The van der Waals surface area contributed by atoms with Crippen LogP contribution in [0.15, 0.2) is 48.1 Å². The van der Waals surface area contributed by atoms with Gasteiger partial charge in [-0.3, -0.25) is 0 Å². The summed E-state index contributed by atoms with van der Waals surface area (Å²) < 4.78 is 93.4. The van der Waals surface area contributed by atoms with Gasteiger partial charge in [0, 0.05) is 59.7 Å². The summed E-state index contributed by atoms with van der Waals surface area (Å²) in [7, 11) is 6.07. The van der Waals surface area contributed by atoms with E-state index in [0.717, 1.165) is 11.1 Å². The molecule has 1 aromatic rings. The Morgan fingerprint density at radius 1 is 0.633 bits per heavy atom. The van der Waals surface area contributed by atoms with Crippen LogP contribution in [0.3, 0.4) is 0 Å². The van der Waals surface area contributed by atoms with E-state index in [1.54, 1.807) is 34.1 Å². The van der Waals surface area contributed by atoms with Crippen LogP contribution >= 0.6 is 0 Å². The van der Waals surface area contributed by atoms with Gasteiger partial charge in [-0.05, 0) is 90.2 Å². The average molecular weight is 1280 g/mol. The average Bonchev–Trinajstić information content (AvgIpc) is 1.34. The van der Waals surface area contributed by atoms with E-state index >= 15 is 0 Å². The summed E-state index contributed by atoms with van der Waals surface area (Å²) in [5, 5.41) is 115. The van der Waals surface area contributed by atoms with Crippen LogP contribution in [-0.2, 0) is 75.8 Å². The van der Waals surface area contributed by atoms with Crippen molar-refractivity contribution in [1.82, 2.24) is 0 Å². The van der Waals surface area contributed by atoms with E-state index < -0.39 is 200 Å². The zero-order valence-electron chi connectivity index (χ0n) is 53.3. The van der Waals surface area contributed by atoms with Crippen molar-refractivity contribution in [2.24, 2.45) is 16.7 Å². The number of ether oxygens (including phenoxy) is 15. The van der Waals surface area contributed by atoms with Gasteiger partial charge in [0.25, 0.3) is 0 Å². The number of hydrogen-bond acceptors (Lipinski definition) is 26. The van der Waals surface area contributed by atoms with Crippen molar-refractivity contribution in [3.8, 4) is 0 Å². The van der Waals surface area contributed by atoms with Crippen LogP contribution in [0.25, 0.3) is 6.08 Å². The first kappa shape index (κ1) is 70.0. The van der Waals surface area contributed by atoms with E-state index in [2.05, 4.69) is 0 Å². The Balaban J connectivity index is 0.735. The van der Waals surface area contributed by atoms with Gasteiger partial charge in [0.05, 0.1) is 73.1 Å². The Bertz CT molecular complexity index is 2620. The summed E-state index contributed by atoms with van der Waals surface area (Å²) in [6.07, 6.45) is -19.4. The number of aliphatic hydroxyl groups excluding tert-OH is 7. The third-order valence-corrected chi connectivity index (χ3v) is 21.9. The molecular formula is C64H98O26. The van der Waals surface area contributed by atoms with Crippen molar-refractivity contribution >= 4 is 12.0 Å². The molecule has 90 heavy (non-hydrogen) atoms. The minimum absolute atomic E-state index is 0.0797. The molecule has 4 aliphatic carbocycles. The minimum Gasteiger partial charge on any atom is -0.456 e. The molecule has 1 aromatic carbocycles. The molecule has 10 N–H and O–H groups in total. The lowest BCUT2D eigenvalue weighted by Gasteiger charge is -2.68. The van der Waals surface area contributed by atoms with Gasteiger partial charge in [0.2, 0.25) is 0 Å². The molecule has 0 bridgehead atoms. The van der Waals surface area contributed by atoms with Gasteiger partial charge in [0.1, 0.15) is 83.9 Å². The van der Waals surface area contributed by atoms with Crippen LogP contribution in [0.5, 0.6) is 0 Å². The first-order valence-corrected chi connectivity index (χ1v) is 31.8. The normalized spacial score (nSPS) is 50.1. The first-order chi connectivity index (χ1) is 42.6. The zero-order chi connectivity index (χ0) is 65.2. The van der Waals surface area contributed by atoms with Gasteiger partial charge < -0.3 is 122 Å². The summed E-state index contributed by atoms with van der Waals surface area (Å²) in [4.78, 5) is 13.7. The lowest BCUT2D eigenvalue weighted by molar-refractivity contribution is -0.374. The Morgan fingerprint density at radius 3 is 1.71 bits per heavy atom. The highest BCUT2D eigenvalue weighted by Crippen LogP contribution is 2.71. The zero-order valence-corrected chi connectivity index (χ0v) is 53.3. The lowest BCUT2D eigenvalue weighted by atomic mass is 9.41. The smallest absolute Gasteiger partial charge is 0.331 e. The van der Waals surface area contributed by atoms with Crippen LogP contribution in [0.1, 0.15) is 112 Å². The van der Waals surface area contributed by atoms with Crippen molar-refractivity contribution < 1.29 is 127 Å². The molecule has 0 aromatic heterocycles. The molecule has 5 aliphatic heterocycles. The van der Waals surface area contributed by atoms with E-state index in [0.29, 0.717) is 25.7 Å². The molecule has 9 aliphatic rings. The fourth-order valence-corrected chi connectivity index (χ4v) is 16.8. The van der Waals surface area contributed by atoms with Crippen LogP contribution in [-0.4, -0.2) is 269 Å². The van der Waals surface area contributed by atoms with Crippen molar-refractivity contribution in [1.29, 1.82) is 0 Å². The molecule has 26 nitrogen and oxygen atoms in total. The summed E-state index contributed by atoms with van der Waals surface area (Å²) in [6.45, 7) is 11.3. The van der Waals surface area contributed by atoms with Gasteiger partial charge >= 0.3 is 5.97 Å². The van der Waals surface area contributed by atoms with E-state index in [1.165, 1.54) is 34.1 Å². The second kappa shape index (κ2) is 27.7. The van der Waals surface area contributed by atoms with Gasteiger partial charge in [-0.25, -0.2) is 4.79 Å². The Labute approximate surface area is 525 Å². The van der Waals surface area contributed by atoms with Crippen LogP contribution in [0.2, 0.25) is 0 Å². The van der Waals surface area contributed by atoms with Gasteiger partial charge in [-0.1, -0.05) is 55.8 Å². The molecule has 0 amide bonds. The maximum atomic E-state index is 13.7. The molecule has 8 fully saturated rings. The van der Waals surface area contributed by atoms with Gasteiger partial charge in [-0.2, -0.15) is 0 Å². The van der Waals surface area contributed by atoms with E-state index in [1.807, 2.05) is 57.2 Å². The largest absolute Gasteiger partial charge is 0.456 e. The van der Waals surface area contributed by atoms with Crippen LogP contribution in [0, 0.1) is 16.7 Å². The summed E-state index contributed by atoms with van der Waals surface area (Å²) in [6, 6.07) is 9.10. The number of aliphatic hydroxyl groups is 10. The molecule has 3 saturated carbocycles. The van der Waals surface area contributed by atoms with Crippen molar-refractivity contribution in [3.05, 3.63) is 53.6 Å². The van der Waals surface area contributed by atoms with Gasteiger partial charge in [-0.15, -0.1) is 0 Å². The minimum atomic E-state index is -2.11. The monoisotopic (exact) mass is 1280 g/mol. The fourth-order valence-electron chi connectivity index (χ4n) is 16.8. The highest BCUT2D eigenvalue weighted by atomic mass is 16.8. The number of esters is 1. The molecule has 5 heterocycles. The number of fused-ring (bicyclic) bond motifs is 5. The van der Waals surface area contributed by atoms with Crippen molar-refractivity contribution in [2.45, 2.75) is 283 Å². The number of carbonyl (C=O) groups is 1. The maximum absolute atomic E-state index is 13.7. The number of hydrogen-bond donors (Lipinski definition) is 10. The summed E-state index contributed by atoms with van der Waals surface area (Å²) in [5.41, 5.74) is -7.38. The second-order valence-electron chi connectivity index (χ2n) is 26.9. The van der Waals surface area contributed by atoms with Crippen LogP contribution in [0.4, 0.5) is 0 Å². The third-order valence-electron chi connectivity index (χ3n) is 21.9. The topological polar surface area (TPSA) is 358 Å². The lowest BCUT2D eigenvalue weighted by Crippen LogP contribution is -2.82. The quantitative estimate of drug-likeness (QED) is 0.0520. The Morgan fingerprint density at radius 2 is 1.17 bits per heavy atom. The standard InChI is InChI=1S/C64H98O26/c1-30-51(87-44-27-39(77-9)52(31(2)81-44)88-45-28-40(78-10)53(32(3)82-45)89-59-49(71)55(79-11)54(33(4)83-59)90-58-48(70)47(69)46(68)41(29-65)85-58)38(76-8)26-43(80-30)84-37-20-21-60(6)36(25-37)19-22-63(74)56(60)50(72)57(86-42(67)18-17-35-15-13-12-14-16-35)61(7)62(73,34(5)66)23-24-64(61,63)75/h12-19,30-34,37-41,43-59,65-66,68-75H,20-29H2,1-11H3/b18-17+/t30-,31-,32-,33-,34?,37+,38+,39+,40-,41-,43+,44+,45+,46-,47+,48-,49-,50+,51-,52-,53-,54-,55-,56-,57-,58+,59+,60+,61-,62?,63+,64-/m1/s1. The van der Waals surface area contributed by atoms with Crippen LogP contribution < -0.4 is 0 Å². The molecule has 26 heteroatoms. The highest BCUT2D eigenvalue weighted by molar-refractivity contribution is 5.87. The van der Waals surface area contributed by atoms with E-state index in [9.17, 15) is 55.9 Å². The highest BCUT2D eigenvalue weighted by Gasteiger charge is 2.83. The first-order valence-electron chi connectivity index (χ1n) is 31.8. The fraction of sp³-hybridized carbons (Fsp3) is 0.828. The molecule has 0 radical (unpaired) electrons. The molecule has 2 unspecified atom stereocenters. The molecule has 10 rings (SSSR count). The number of carbonyl (C=O) groups excluding carboxylic acids is 1. The predicted molar refractivity (Wildman–Crippen MR) is 312 cm³/mol. The van der Waals surface area contributed by atoms with Gasteiger partial charge in [0.15, 0.2) is 31.5 Å². The molecule has 5 saturated heterocycles. The number of methoxy groups -OCH3 is 4. The molecule has 0 spiro atoms. The van der Waals surface area contributed by atoms with E-state index in [-0.39, 0.29) is 38.2 Å². The Hall–Kier alpha value is -2.79. The number of benzene rings is 1. The number of rotatable bonds is 19. The molecule has 32 atom stereocenters. The summed E-state index contributed by atoms with van der Waals surface area (Å²) >= 11 is 0. The Kier molecular flexibility index (Phi) is 21.6. The SMILES string of the molecule is CO[C@@H]1[C@@H](O)[C@H](O[C@@H]2[C@@H](C)O[C@@H](O[C@H]3[C@@H](OC)C[C@H](O[C@H]4[C@@H](OC)C[C@H](O[C@H]5CC[C@@]6(C)C(=CC[C@]7(O)[C@@H]6[C@H](O)[C@@H](OC(=O)/C=C/c6ccccc6)[C@]6(C)C(O)(C(C)O)CC[C@]76O)C5)O[C@@H]4C)O[C@@H]3C)C[C@H]2OC)O[C@H](C)[C@H]1O[C@@H]1O[C@H](CO)[C@@H](O)[C@H](O)[C@H]1O. The molecular weight excluding hydrogens is 1180 g/mol. The maximum Gasteiger partial charge on any atom is 0.331 e.